The first-order valence-electron chi connectivity index (χ1n) is 19.0. The number of carbonyl (C=O) groups excluding carboxylic acids is 2. The summed E-state index contributed by atoms with van der Waals surface area (Å²) in [5.74, 6) is -1.12. The van der Waals surface area contributed by atoms with E-state index in [0.29, 0.717) is 63.4 Å². The first-order chi connectivity index (χ1) is 25.3. The van der Waals surface area contributed by atoms with E-state index < -0.39 is 5.79 Å². The van der Waals surface area contributed by atoms with Gasteiger partial charge in [0.1, 0.15) is 5.82 Å². The molecule has 0 bridgehead atoms. The Bertz CT molecular complexity index is 1810. The number of halogens is 1. The molecule has 7 rings (SSSR count). The van der Waals surface area contributed by atoms with E-state index in [1.54, 1.807) is 12.1 Å². The van der Waals surface area contributed by atoms with Gasteiger partial charge in [0.2, 0.25) is 5.91 Å². The van der Waals surface area contributed by atoms with Crippen LogP contribution in [-0.2, 0) is 25.5 Å². The summed E-state index contributed by atoms with van der Waals surface area (Å²) < 4.78 is 35.7. The maximum Gasteiger partial charge on any atom is 0.258 e. The smallest absolute Gasteiger partial charge is 0.258 e. The van der Waals surface area contributed by atoms with Crippen LogP contribution in [0.5, 0.6) is 0 Å². The number of ether oxygens (including phenoxy) is 3. The minimum absolute atomic E-state index is 0.0210. The molecule has 4 aromatic rings. The highest BCUT2D eigenvalue weighted by Gasteiger charge is 2.44. The van der Waals surface area contributed by atoms with Crippen molar-refractivity contribution >= 4 is 17.5 Å². The van der Waals surface area contributed by atoms with Crippen LogP contribution in [-0.4, -0.2) is 65.6 Å². The Morgan fingerprint density at radius 3 is 2.17 bits per heavy atom. The van der Waals surface area contributed by atoms with Crippen LogP contribution in [0.1, 0.15) is 87.2 Å². The molecule has 52 heavy (non-hydrogen) atoms. The molecular formula is C43H50FN3O5. The van der Waals surface area contributed by atoms with E-state index in [9.17, 15) is 14.0 Å². The second-order valence-electron chi connectivity index (χ2n) is 14.7. The highest BCUT2D eigenvalue weighted by atomic mass is 19.1. The lowest BCUT2D eigenvalue weighted by Gasteiger charge is -2.47. The molecule has 8 nitrogen and oxygen atoms in total. The lowest BCUT2D eigenvalue weighted by Crippen LogP contribution is -2.51. The maximum absolute atomic E-state index is 14.5. The lowest BCUT2D eigenvalue weighted by atomic mass is 9.91. The minimum atomic E-state index is -0.690. The third kappa shape index (κ3) is 8.02. The highest BCUT2D eigenvalue weighted by molar-refractivity contribution is 6.12. The number of benzene rings is 3. The Hall–Kier alpha value is -4.31. The quantitative estimate of drug-likeness (QED) is 0.178. The molecule has 3 heterocycles. The predicted molar refractivity (Wildman–Crippen MR) is 201 cm³/mol. The van der Waals surface area contributed by atoms with E-state index in [-0.39, 0.29) is 35.8 Å². The summed E-state index contributed by atoms with van der Waals surface area (Å²) in [6.45, 7) is 7.14. The van der Waals surface area contributed by atoms with Crippen LogP contribution in [0, 0.1) is 5.82 Å². The van der Waals surface area contributed by atoms with Crippen LogP contribution in [0.2, 0.25) is 0 Å². The molecule has 9 heteroatoms. The largest absolute Gasteiger partial charge is 0.378 e. The molecule has 1 N–H and O–H groups in total. The predicted octanol–water partition coefficient (Wildman–Crippen LogP) is 8.81. The second-order valence-corrected chi connectivity index (χ2v) is 14.7. The average Bonchev–Trinajstić information content (AvgIpc) is 3.51. The van der Waals surface area contributed by atoms with Crippen molar-refractivity contribution < 1.29 is 28.2 Å². The first-order valence-corrected chi connectivity index (χ1v) is 19.0. The molecule has 274 valence electrons. The zero-order chi connectivity index (χ0) is 36.1. The van der Waals surface area contributed by atoms with Crippen molar-refractivity contribution in [1.29, 1.82) is 0 Å². The topological polar surface area (TPSA) is 82.0 Å². The molecule has 2 saturated heterocycles. The van der Waals surface area contributed by atoms with Crippen molar-refractivity contribution in [3.8, 4) is 22.4 Å². The zero-order valence-corrected chi connectivity index (χ0v) is 30.3. The Morgan fingerprint density at radius 2 is 1.50 bits per heavy atom. The molecule has 0 radical (unpaired) electrons. The van der Waals surface area contributed by atoms with Gasteiger partial charge in [-0.1, -0.05) is 68.8 Å². The molecule has 2 atom stereocenters. The number of hydrogen-bond acceptors (Lipinski definition) is 5. The number of hydrogen-bond donors (Lipinski definition) is 1. The zero-order valence-electron chi connectivity index (χ0n) is 30.3. The third-order valence-electron chi connectivity index (χ3n) is 10.6. The monoisotopic (exact) mass is 707 g/mol. The summed E-state index contributed by atoms with van der Waals surface area (Å²) in [4.78, 5) is 29.8. The maximum atomic E-state index is 14.5. The van der Waals surface area contributed by atoms with E-state index in [4.69, 9.17) is 14.2 Å². The lowest BCUT2D eigenvalue weighted by molar-refractivity contribution is -0.329. The summed E-state index contributed by atoms with van der Waals surface area (Å²) >= 11 is 0. The molecular weight excluding hydrogens is 657 g/mol. The summed E-state index contributed by atoms with van der Waals surface area (Å²) in [5, 5.41) is 3.16. The molecule has 2 aliphatic heterocycles. The Morgan fingerprint density at radius 1 is 0.846 bits per heavy atom. The summed E-state index contributed by atoms with van der Waals surface area (Å²) in [5.41, 5.74) is 5.64. The SMILES string of the molecule is CC(C)c1c(C(=O)Nc2ccccc2)c(-c2ccccc2)c(-c2ccc(F)cc2)n1CC[C@@H]1C[C@H](CC(=O)N2CCOCC2)OC2(CCCCC2)O1. The van der Waals surface area contributed by atoms with Crippen LogP contribution in [0.3, 0.4) is 0 Å². The standard InChI is InChI=1S/C43H50FN3O5/c1-30(2)40-39(42(49)45-34-14-8-4-9-15-34)38(31-12-6-3-7-13-31)41(32-16-18-33(44)19-17-32)47(40)23-20-35-28-36(29-37(48)46-24-26-50-27-25-46)52-43(51-35)21-10-5-11-22-43/h3-4,6-9,12-19,30,35-36H,5,10-11,20-29H2,1-2H3,(H,45,49)/t35-,36-/m1/s1. The van der Waals surface area contributed by atoms with Crippen LogP contribution < -0.4 is 5.32 Å². The number of anilines is 1. The summed E-state index contributed by atoms with van der Waals surface area (Å²) in [6, 6.07) is 26.0. The number of carbonyl (C=O) groups is 2. The van der Waals surface area contributed by atoms with E-state index in [1.165, 1.54) is 12.1 Å². The molecule has 1 aromatic heterocycles. The summed E-state index contributed by atoms with van der Waals surface area (Å²) in [6.07, 6.45) is 6.02. The van der Waals surface area contributed by atoms with Gasteiger partial charge in [-0.25, -0.2) is 4.39 Å². The summed E-state index contributed by atoms with van der Waals surface area (Å²) in [7, 11) is 0. The number of para-hydroxylation sites is 1. The van der Waals surface area contributed by atoms with Gasteiger partial charge in [0.15, 0.2) is 5.79 Å². The molecule has 3 aromatic carbocycles. The van der Waals surface area contributed by atoms with Crippen LogP contribution in [0.25, 0.3) is 22.4 Å². The van der Waals surface area contributed by atoms with Gasteiger partial charge in [0.25, 0.3) is 5.91 Å². The van der Waals surface area contributed by atoms with Crippen molar-refractivity contribution in [3.63, 3.8) is 0 Å². The van der Waals surface area contributed by atoms with Crippen LogP contribution in [0.15, 0.2) is 84.9 Å². The fourth-order valence-electron chi connectivity index (χ4n) is 8.27. The Kier molecular flexibility index (Phi) is 11.2. The van der Waals surface area contributed by atoms with Gasteiger partial charge in [0.05, 0.1) is 43.1 Å². The van der Waals surface area contributed by atoms with E-state index in [1.807, 2.05) is 65.6 Å². The number of nitrogens with zero attached hydrogens (tertiary/aromatic N) is 2. The van der Waals surface area contributed by atoms with Gasteiger partial charge in [-0.3, -0.25) is 9.59 Å². The van der Waals surface area contributed by atoms with E-state index >= 15 is 0 Å². The minimum Gasteiger partial charge on any atom is -0.378 e. The molecule has 1 spiro atoms. The van der Waals surface area contributed by atoms with Gasteiger partial charge in [-0.05, 0) is 72.7 Å². The third-order valence-corrected chi connectivity index (χ3v) is 10.6. The van der Waals surface area contributed by atoms with Gasteiger partial charge in [-0.2, -0.15) is 0 Å². The number of amides is 2. The number of aromatic nitrogens is 1. The number of rotatable bonds is 10. The van der Waals surface area contributed by atoms with Crippen molar-refractivity contribution in [2.24, 2.45) is 0 Å². The van der Waals surface area contributed by atoms with Crippen molar-refractivity contribution in [1.82, 2.24) is 9.47 Å². The van der Waals surface area contributed by atoms with Crippen LogP contribution >= 0.6 is 0 Å². The van der Waals surface area contributed by atoms with E-state index in [0.717, 1.165) is 60.2 Å². The van der Waals surface area contributed by atoms with Crippen molar-refractivity contribution in [3.05, 3.63) is 102 Å². The van der Waals surface area contributed by atoms with Gasteiger partial charge in [0, 0.05) is 55.8 Å². The molecule has 3 aliphatic rings. The Labute approximate surface area is 306 Å². The fraction of sp³-hybridized carbons (Fsp3) is 0.442. The Balaban J connectivity index is 1.28. The molecule has 0 unspecified atom stereocenters. The first kappa shape index (κ1) is 36.1. The molecule has 3 fully saturated rings. The molecule has 1 saturated carbocycles. The number of morpholine rings is 1. The number of nitrogens with one attached hydrogen (secondary N) is 1. The highest BCUT2D eigenvalue weighted by Crippen LogP contribution is 2.44. The van der Waals surface area contributed by atoms with Crippen molar-refractivity contribution in [2.75, 3.05) is 31.6 Å². The van der Waals surface area contributed by atoms with Gasteiger partial charge < -0.3 is 29.0 Å². The van der Waals surface area contributed by atoms with Crippen molar-refractivity contribution in [2.45, 2.75) is 95.7 Å². The molecule has 2 amide bonds. The van der Waals surface area contributed by atoms with E-state index in [2.05, 4.69) is 23.7 Å². The molecule has 1 aliphatic carbocycles. The second kappa shape index (κ2) is 16.1. The van der Waals surface area contributed by atoms with Gasteiger partial charge >= 0.3 is 0 Å². The van der Waals surface area contributed by atoms with Gasteiger partial charge in [-0.15, -0.1) is 0 Å². The van der Waals surface area contributed by atoms with Crippen LogP contribution in [0.4, 0.5) is 10.1 Å². The average molecular weight is 708 g/mol. The fourth-order valence-corrected chi connectivity index (χ4v) is 8.27. The normalized spacial score (nSPS) is 20.3.